The van der Waals surface area contributed by atoms with Crippen LogP contribution in [0.5, 0.6) is 0 Å². The van der Waals surface area contributed by atoms with E-state index in [2.05, 4.69) is 12.2 Å². The summed E-state index contributed by atoms with van der Waals surface area (Å²) in [5.74, 6) is 0.222. The van der Waals surface area contributed by atoms with E-state index in [-0.39, 0.29) is 11.9 Å². The van der Waals surface area contributed by atoms with Crippen LogP contribution in [-0.2, 0) is 4.79 Å². The fraction of sp³-hybridized carbons (Fsp3) is 0.533. The second-order valence-electron chi connectivity index (χ2n) is 5.25. The molecule has 1 amide bonds. The molecule has 2 atom stereocenters. The molecule has 1 saturated heterocycles. The van der Waals surface area contributed by atoms with Gasteiger partial charge in [-0.15, -0.1) is 0 Å². The number of nitrogens with two attached hydrogens (primary N) is 1. The number of nitrogens with one attached hydrogen (secondary N) is 1. The van der Waals surface area contributed by atoms with Crippen molar-refractivity contribution in [3.8, 4) is 0 Å². The highest BCUT2D eigenvalue weighted by atomic mass is 16.2. The van der Waals surface area contributed by atoms with Crippen molar-refractivity contribution in [1.82, 2.24) is 10.2 Å². The molecule has 0 unspecified atom stereocenters. The average molecular weight is 261 g/mol. The van der Waals surface area contributed by atoms with Gasteiger partial charge in [0, 0.05) is 38.1 Å². The minimum Gasteiger partial charge on any atom is -0.340 e. The first-order valence-corrected chi connectivity index (χ1v) is 6.98. The van der Waals surface area contributed by atoms with Crippen LogP contribution in [0.4, 0.5) is 0 Å². The van der Waals surface area contributed by atoms with E-state index in [0.717, 1.165) is 25.2 Å². The van der Waals surface area contributed by atoms with Gasteiger partial charge in [-0.25, -0.2) is 0 Å². The summed E-state index contributed by atoms with van der Waals surface area (Å²) in [6.07, 6.45) is 1.24. The summed E-state index contributed by atoms with van der Waals surface area (Å²) < 4.78 is 0. The van der Waals surface area contributed by atoms with Crippen LogP contribution in [-0.4, -0.2) is 36.5 Å². The molecule has 1 aromatic carbocycles. The first-order chi connectivity index (χ1) is 9.16. The van der Waals surface area contributed by atoms with Gasteiger partial charge < -0.3 is 16.0 Å². The Morgan fingerprint density at radius 1 is 1.47 bits per heavy atom. The molecule has 0 aromatic heterocycles. The van der Waals surface area contributed by atoms with E-state index in [4.69, 9.17) is 5.73 Å². The molecule has 0 bridgehead atoms. The van der Waals surface area contributed by atoms with Crippen LogP contribution < -0.4 is 11.1 Å². The number of piperazine rings is 1. The second-order valence-corrected chi connectivity index (χ2v) is 5.25. The van der Waals surface area contributed by atoms with E-state index in [1.807, 2.05) is 35.2 Å². The molecule has 104 valence electrons. The van der Waals surface area contributed by atoms with E-state index in [1.54, 1.807) is 0 Å². The summed E-state index contributed by atoms with van der Waals surface area (Å²) in [4.78, 5) is 14.1. The average Bonchev–Trinajstić information content (AvgIpc) is 2.45. The van der Waals surface area contributed by atoms with Gasteiger partial charge in [-0.3, -0.25) is 4.79 Å². The Morgan fingerprint density at radius 2 is 2.21 bits per heavy atom. The van der Waals surface area contributed by atoms with E-state index in [0.29, 0.717) is 18.9 Å². The molecule has 3 N–H and O–H groups in total. The van der Waals surface area contributed by atoms with Crippen molar-refractivity contribution in [2.75, 3.05) is 19.6 Å². The summed E-state index contributed by atoms with van der Waals surface area (Å²) >= 11 is 0. The number of rotatable bonds is 4. The molecule has 0 radical (unpaired) electrons. The van der Waals surface area contributed by atoms with Crippen LogP contribution in [0.3, 0.4) is 0 Å². The van der Waals surface area contributed by atoms with Gasteiger partial charge in [0.05, 0.1) is 0 Å². The first kappa shape index (κ1) is 14.0. The zero-order chi connectivity index (χ0) is 13.7. The fourth-order valence-electron chi connectivity index (χ4n) is 2.46. The number of hydrogen-bond acceptors (Lipinski definition) is 3. The number of carbonyl (C=O) groups is 1. The van der Waals surface area contributed by atoms with Crippen LogP contribution >= 0.6 is 0 Å². The lowest BCUT2D eigenvalue weighted by Gasteiger charge is -2.32. The summed E-state index contributed by atoms with van der Waals surface area (Å²) in [6, 6.07) is 10.3. The van der Waals surface area contributed by atoms with E-state index < -0.39 is 0 Å². The topological polar surface area (TPSA) is 58.4 Å². The first-order valence-electron chi connectivity index (χ1n) is 6.98. The summed E-state index contributed by atoms with van der Waals surface area (Å²) in [6.45, 7) is 4.61. The van der Waals surface area contributed by atoms with Crippen molar-refractivity contribution < 1.29 is 4.79 Å². The summed E-state index contributed by atoms with van der Waals surface area (Å²) in [7, 11) is 0. The standard InChI is InChI=1S/C15H23N3O/c1-12-11-18(10-9-17-12)15(19)8-7-14(16)13-5-3-2-4-6-13/h2-6,12,14,17H,7-11,16H2,1H3/t12-,14-/m1/s1. The summed E-state index contributed by atoms with van der Waals surface area (Å²) in [5, 5.41) is 3.34. The van der Waals surface area contributed by atoms with Gasteiger partial charge in [-0.1, -0.05) is 30.3 Å². The lowest BCUT2D eigenvalue weighted by molar-refractivity contribution is -0.132. The van der Waals surface area contributed by atoms with Crippen molar-refractivity contribution in [3.63, 3.8) is 0 Å². The maximum Gasteiger partial charge on any atom is 0.222 e. The predicted octanol–water partition coefficient (Wildman–Crippen LogP) is 1.29. The fourth-order valence-corrected chi connectivity index (χ4v) is 2.46. The van der Waals surface area contributed by atoms with Gasteiger partial charge in [-0.2, -0.15) is 0 Å². The van der Waals surface area contributed by atoms with Gasteiger partial charge in [0.25, 0.3) is 0 Å². The minimum atomic E-state index is -0.0505. The zero-order valence-electron chi connectivity index (χ0n) is 11.5. The van der Waals surface area contributed by atoms with Crippen LogP contribution in [0.2, 0.25) is 0 Å². The van der Waals surface area contributed by atoms with Crippen LogP contribution in [0.25, 0.3) is 0 Å². The lowest BCUT2D eigenvalue weighted by Crippen LogP contribution is -2.51. The van der Waals surface area contributed by atoms with Gasteiger partial charge in [0.1, 0.15) is 0 Å². The Labute approximate surface area is 115 Å². The quantitative estimate of drug-likeness (QED) is 0.858. The van der Waals surface area contributed by atoms with Crippen LogP contribution in [0.1, 0.15) is 31.4 Å². The highest BCUT2D eigenvalue weighted by Crippen LogP contribution is 2.16. The van der Waals surface area contributed by atoms with Crippen molar-refractivity contribution in [3.05, 3.63) is 35.9 Å². The predicted molar refractivity (Wildman–Crippen MR) is 76.6 cm³/mol. The molecule has 1 aliphatic heterocycles. The molecule has 4 nitrogen and oxygen atoms in total. The lowest BCUT2D eigenvalue weighted by atomic mass is 10.0. The SMILES string of the molecule is C[C@@H]1CN(C(=O)CC[C@@H](N)c2ccccc2)CCN1. The van der Waals surface area contributed by atoms with E-state index in [1.165, 1.54) is 0 Å². The maximum absolute atomic E-state index is 12.1. The molecule has 19 heavy (non-hydrogen) atoms. The molecular weight excluding hydrogens is 238 g/mol. The molecule has 2 rings (SSSR count). The van der Waals surface area contributed by atoms with E-state index >= 15 is 0 Å². The van der Waals surface area contributed by atoms with E-state index in [9.17, 15) is 4.79 Å². The van der Waals surface area contributed by atoms with Crippen molar-refractivity contribution in [1.29, 1.82) is 0 Å². The number of nitrogens with zero attached hydrogens (tertiary/aromatic N) is 1. The molecular formula is C15H23N3O. The molecule has 1 heterocycles. The highest BCUT2D eigenvalue weighted by Gasteiger charge is 2.20. The number of hydrogen-bond donors (Lipinski definition) is 2. The molecule has 1 fully saturated rings. The molecule has 1 aromatic rings. The molecule has 0 spiro atoms. The minimum absolute atomic E-state index is 0.0505. The Morgan fingerprint density at radius 3 is 2.89 bits per heavy atom. The molecule has 4 heteroatoms. The van der Waals surface area contributed by atoms with Gasteiger partial charge in [0.2, 0.25) is 5.91 Å². The van der Waals surface area contributed by atoms with Gasteiger partial charge >= 0.3 is 0 Å². The van der Waals surface area contributed by atoms with Crippen LogP contribution in [0, 0.1) is 0 Å². The van der Waals surface area contributed by atoms with Crippen molar-refractivity contribution in [2.24, 2.45) is 5.73 Å². The second kappa shape index (κ2) is 6.68. The molecule has 0 aliphatic carbocycles. The van der Waals surface area contributed by atoms with Gasteiger partial charge in [-0.05, 0) is 18.9 Å². The zero-order valence-corrected chi connectivity index (χ0v) is 11.5. The van der Waals surface area contributed by atoms with Crippen LogP contribution in [0.15, 0.2) is 30.3 Å². The largest absolute Gasteiger partial charge is 0.340 e. The molecule has 0 saturated carbocycles. The van der Waals surface area contributed by atoms with Crippen molar-refractivity contribution >= 4 is 5.91 Å². The summed E-state index contributed by atoms with van der Waals surface area (Å²) in [5.41, 5.74) is 7.22. The van der Waals surface area contributed by atoms with Crippen molar-refractivity contribution in [2.45, 2.75) is 31.8 Å². The highest BCUT2D eigenvalue weighted by molar-refractivity contribution is 5.76. The Bertz CT molecular complexity index is 407. The smallest absolute Gasteiger partial charge is 0.222 e. The normalized spacial score (nSPS) is 21.2. The third-order valence-corrected chi connectivity index (χ3v) is 3.62. The Hall–Kier alpha value is -1.39. The van der Waals surface area contributed by atoms with Gasteiger partial charge in [0.15, 0.2) is 0 Å². The monoisotopic (exact) mass is 261 g/mol. The number of amides is 1. The third-order valence-electron chi connectivity index (χ3n) is 3.62. The maximum atomic E-state index is 12.1. The Kier molecular flexibility index (Phi) is 4.93. The number of carbonyl (C=O) groups excluding carboxylic acids is 1. The third kappa shape index (κ3) is 4.04. The number of benzene rings is 1. The Balaban J connectivity index is 1.80. The molecule has 1 aliphatic rings.